The Balaban J connectivity index is 0.000000147. The second-order valence-corrected chi connectivity index (χ2v) is 4.82. The topological polar surface area (TPSA) is 28.7 Å². The van der Waals surface area contributed by atoms with Crippen molar-refractivity contribution in [2.75, 3.05) is 0 Å². The summed E-state index contributed by atoms with van der Waals surface area (Å²) in [5.74, 6) is 0. The van der Waals surface area contributed by atoms with Gasteiger partial charge in [0.25, 0.3) is 0 Å². The molecule has 0 saturated heterocycles. The molecule has 0 aliphatic heterocycles. The van der Waals surface area contributed by atoms with Gasteiger partial charge in [0, 0.05) is 28.2 Å². The molecule has 0 radical (unpaired) electrons. The maximum absolute atomic E-state index is 5.54. The summed E-state index contributed by atoms with van der Waals surface area (Å²) in [5, 5.41) is 3.14. The van der Waals surface area contributed by atoms with Crippen molar-refractivity contribution < 1.29 is 0 Å². The van der Waals surface area contributed by atoms with Gasteiger partial charge in [0.1, 0.15) is 0 Å². The first-order valence-electron chi connectivity index (χ1n) is 6.36. The fourth-order valence-corrected chi connectivity index (χ4v) is 2.22. The first-order valence-corrected chi connectivity index (χ1v) is 6.74. The van der Waals surface area contributed by atoms with Gasteiger partial charge in [-0.25, -0.2) is 0 Å². The highest BCUT2D eigenvalue weighted by molar-refractivity contribution is 6.30. The zero-order chi connectivity index (χ0) is 13.8. The van der Waals surface area contributed by atoms with E-state index in [9.17, 15) is 0 Å². The van der Waals surface area contributed by atoms with Crippen LogP contribution in [0.4, 0.5) is 0 Å². The predicted octanol–water partition coefficient (Wildman–Crippen LogP) is 5.06. The smallest absolute Gasteiger partial charge is 0.0723 e. The number of pyridine rings is 1. The number of rotatable bonds is 0. The second kappa shape index (κ2) is 5.76. The van der Waals surface area contributed by atoms with Crippen molar-refractivity contribution in [3.8, 4) is 0 Å². The number of nitrogens with one attached hydrogen (secondary N) is 1. The molecule has 20 heavy (non-hydrogen) atoms. The Kier molecular flexibility index (Phi) is 3.66. The molecular weight excluding hydrogens is 268 g/mol. The van der Waals surface area contributed by atoms with Crippen LogP contribution in [0.5, 0.6) is 0 Å². The van der Waals surface area contributed by atoms with Crippen LogP contribution < -0.4 is 0 Å². The Morgan fingerprint density at radius 3 is 2.35 bits per heavy atom. The summed E-state index contributed by atoms with van der Waals surface area (Å²) in [6.45, 7) is 0. The summed E-state index contributed by atoms with van der Waals surface area (Å²) in [7, 11) is 0. The molecule has 2 aromatic heterocycles. The quantitative estimate of drug-likeness (QED) is 0.479. The van der Waals surface area contributed by atoms with Crippen LogP contribution in [0.3, 0.4) is 0 Å². The number of para-hydroxylation sites is 1. The highest BCUT2D eigenvalue weighted by atomic mass is 35.5. The lowest BCUT2D eigenvalue weighted by atomic mass is 10.2. The third kappa shape index (κ3) is 2.65. The van der Waals surface area contributed by atoms with E-state index in [1.54, 1.807) is 0 Å². The highest BCUT2D eigenvalue weighted by Crippen LogP contribution is 2.21. The molecule has 0 atom stereocenters. The lowest BCUT2D eigenvalue weighted by molar-refractivity contribution is 1.43. The van der Waals surface area contributed by atoms with Gasteiger partial charge in [0.15, 0.2) is 0 Å². The minimum atomic E-state index is 0.794. The van der Waals surface area contributed by atoms with Crippen LogP contribution in [-0.4, -0.2) is 9.97 Å². The molecule has 3 heteroatoms. The van der Waals surface area contributed by atoms with Gasteiger partial charge in [-0.15, -0.1) is 0 Å². The molecule has 4 rings (SSSR count). The first kappa shape index (κ1) is 12.7. The molecule has 0 amide bonds. The number of H-pyrrole nitrogens is 1. The molecule has 1 N–H and O–H groups in total. The number of fused-ring (bicyclic) bond motifs is 3. The van der Waals surface area contributed by atoms with Crippen LogP contribution in [0.15, 0.2) is 73.1 Å². The van der Waals surface area contributed by atoms with Crippen molar-refractivity contribution in [2.45, 2.75) is 0 Å². The number of halogens is 1. The zero-order valence-electron chi connectivity index (χ0n) is 10.8. The van der Waals surface area contributed by atoms with E-state index in [4.69, 9.17) is 11.6 Å². The van der Waals surface area contributed by atoms with Crippen LogP contribution in [0.2, 0.25) is 5.02 Å². The maximum atomic E-state index is 5.54. The molecule has 2 nitrogen and oxygen atoms in total. The van der Waals surface area contributed by atoms with E-state index in [2.05, 4.69) is 16.0 Å². The van der Waals surface area contributed by atoms with Crippen molar-refractivity contribution in [1.82, 2.24) is 9.97 Å². The van der Waals surface area contributed by atoms with Crippen molar-refractivity contribution in [1.29, 1.82) is 0 Å². The number of aromatic amines is 1. The molecule has 0 bridgehead atoms. The average Bonchev–Trinajstić information content (AvgIpc) is 2.98. The van der Waals surface area contributed by atoms with Gasteiger partial charge in [-0.3, -0.25) is 4.98 Å². The Hall–Kier alpha value is -2.32. The summed E-state index contributed by atoms with van der Waals surface area (Å²) < 4.78 is 0. The molecule has 2 heterocycles. The Labute approximate surface area is 122 Å². The van der Waals surface area contributed by atoms with E-state index in [0.717, 1.165) is 10.5 Å². The molecule has 98 valence electrons. The molecule has 2 aromatic carbocycles. The van der Waals surface area contributed by atoms with Gasteiger partial charge in [0.05, 0.1) is 11.0 Å². The average molecular weight is 281 g/mol. The van der Waals surface area contributed by atoms with E-state index in [-0.39, 0.29) is 0 Å². The van der Waals surface area contributed by atoms with Crippen LogP contribution in [0.25, 0.3) is 21.8 Å². The van der Waals surface area contributed by atoms with Crippen LogP contribution in [0, 0.1) is 0 Å². The third-order valence-corrected chi connectivity index (χ3v) is 3.28. The van der Waals surface area contributed by atoms with Gasteiger partial charge >= 0.3 is 0 Å². The summed E-state index contributed by atoms with van der Waals surface area (Å²) in [5.41, 5.74) is 2.21. The van der Waals surface area contributed by atoms with Gasteiger partial charge in [-0.1, -0.05) is 48.0 Å². The van der Waals surface area contributed by atoms with Crippen molar-refractivity contribution >= 4 is 33.4 Å². The summed E-state index contributed by atoms with van der Waals surface area (Å²) in [4.78, 5) is 7.58. The molecule has 0 aliphatic carbocycles. The molecule has 0 aliphatic rings. The van der Waals surface area contributed by atoms with E-state index in [0.29, 0.717) is 0 Å². The molecular formula is C17H13ClN2. The van der Waals surface area contributed by atoms with Crippen LogP contribution >= 0.6 is 11.6 Å². The highest BCUT2D eigenvalue weighted by Gasteiger charge is 1.99. The van der Waals surface area contributed by atoms with Gasteiger partial charge in [-0.2, -0.15) is 0 Å². The molecule has 0 fully saturated rings. The van der Waals surface area contributed by atoms with Gasteiger partial charge < -0.3 is 4.98 Å². The largest absolute Gasteiger partial charge is 0.361 e. The fraction of sp³-hybridized carbons (Fsp3) is 0. The number of aromatic nitrogens is 2. The maximum Gasteiger partial charge on any atom is 0.0723 e. The zero-order valence-corrected chi connectivity index (χ0v) is 11.5. The van der Waals surface area contributed by atoms with Crippen LogP contribution in [-0.2, 0) is 0 Å². The standard InChI is InChI=1S/C11H8N2.C6H5Cl/c1-2-4-10-9(3-1)11-8(7-13-10)5-6-12-11;7-6-4-2-1-3-5-6/h1-7,12H;1-5H. The normalized spacial score (nSPS) is 10.2. The summed E-state index contributed by atoms with van der Waals surface area (Å²) in [6, 6.07) is 19.6. The SMILES string of the molecule is Clc1ccccc1.c1ccc2c(c1)ncc1cc[nH]c12. The monoisotopic (exact) mass is 280 g/mol. The van der Waals surface area contributed by atoms with E-state index in [1.165, 1.54) is 16.3 Å². The van der Waals surface area contributed by atoms with Crippen molar-refractivity contribution in [2.24, 2.45) is 0 Å². The van der Waals surface area contributed by atoms with Gasteiger partial charge in [0.2, 0.25) is 0 Å². The Bertz CT molecular complexity index is 822. The van der Waals surface area contributed by atoms with Crippen molar-refractivity contribution in [3.05, 3.63) is 78.1 Å². The minimum absolute atomic E-state index is 0.794. The van der Waals surface area contributed by atoms with Crippen LogP contribution in [0.1, 0.15) is 0 Å². The molecule has 0 unspecified atom stereocenters. The van der Waals surface area contributed by atoms with Gasteiger partial charge in [-0.05, 0) is 24.3 Å². The summed E-state index contributed by atoms with van der Waals surface area (Å²) >= 11 is 5.54. The van der Waals surface area contributed by atoms with E-state index < -0.39 is 0 Å². The number of hydrogen-bond acceptors (Lipinski definition) is 1. The Morgan fingerprint density at radius 2 is 1.60 bits per heavy atom. The fourth-order valence-electron chi connectivity index (χ4n) is 2.07. The lowest BCUT2D eigenvalue weighted by Gasteiger charge is -1.96. The minimum Gasteiger partial charge on any atom is -0.361 e. The summed E-state index contributed by atoms with van der Waals surface area (Å²) in [6.07, 6.45) is 3.84. The third-order valence-electron chi connectivity index (χ3n) is 3.03. The van der Waals surface area contributed by atoms with E-state index >= 15 is 0 Å². The molecule has 0 saturated carbocycles. The molecule has 0 spiro atoms. The second-order valence-electron chi connectivity index (χ2n) is 4.38. The first-order chi connectivity index (χ1) is 9.84. The van der Waals surface area contributed by atoms with Crippen molar-refractivity contribution in [3.63, 3.8) is 0 Å². The predicted molar refractivity (Wildman–Crippen MR) is 85.1 cm³/mol. The number of hydrogen-bond donors (Lipinski definition) is 1. The Morgan fingerprint density at radius 1 is 0.850 bits per heavy atom. The van der Waals surface area contributed by atoms with E-state index in [1.807, 2.05) is 67.0 Å². The molecule has 4 aromatic rings. The lowest BCUT2D eigenvalue weighted by Crippen LogP contribution is -1.78. The number of nitrogens with zero attached hydrogens (tertiary/aromatic N) is 1. The number of benzene rings is 2.